The number of nitrogens with zero attached hydrogens (tertiary/aromatic N) is 9. The van der Waals surface area contributed by atoms with E-state index in [2.05, 4.69) is 4.74 Å². The molecule has 0 aliphatic heterocycles. The van der Waals surface area contributed by atoms with Gasteiger partial charge in [0.15, 0.2) is 0 Å². The number of methoxy groups -OCH3 is 2. The summed E-state index contributed by atoms with van der Waals surface area (Å²) < 4.78 is 20.6. The van der Waals surface area contributed by atoms with Crippen LogP contribution in [0, 0.1) is 105 Å². The van der Waals surface area contributed by atoms with Crippen LogP contribution < -0.4 is 9.47 Å². The third kappa shape index (κ3) is 27.1. The van der Waals surface area contributed by atoms with Crippen LogP contribution in [0.4, 0.5) is 51.2 Å². The Morgan fingerprint density at radius 1 is 0.320 bits per heavy atom. The van der Waals surface area contributed by atoms with Crippen molar-refractivity contribution in [1.82, 2.24) is 0 Å². The number of aryl methyl sites for hydroxylation is 6. The average Bonchev–Trinajstić information content (AvgIpc) is 1.62. The minimum absolute atomic E-state index is 0. The lowest BCUT2D eigenvalue weighted by Gasteiger charge is -2.20. The van der Waals surface area contributed by atoms with Crippen LogP contribution in [0.1, 0.15) is 175 Å². The molecule has 3 atom stereocenters. The molecule has 0 aliphatic carbocycles. The minimum atomic E-state index is -0.603. The molecule has 0 N–H and O–H groups in total. The second-order valence-corrected chi connectivity index (χ2v) is 27.6. The summed E-state index contributed by atoms with van der Waals surface area (Å²) in [5.41, 5.74) is 10.3. The monoisotopic (exact) mass is 1670 g/mol. The van der Waals surface area contributed by atoms with E-state index in [-0.39, 0.29) is 118 Å². The predicted octanol–water partition coefficient (Wildman–Crippen LogP) is 24.6. The molecule has 0 saturated heterocycles. The molecule has 32 heteroatoms. The van der Waals surface area contributed by atoms with Gasteiger partial charge in [0, 0.05) is 110 Å². The Kier molecular flexibility index (Phi) is 39.3. The van der Waals surface area contributed by atoms with E-state index >= 15 is 0 Å². The highest BCUT2D eigenvalue weighted by Crippen LogP contribution is 2.41. The summed E-state index contributed by atoms with van der Waals surface area (Å²) >= 11 is 0. The van der Waals surface area contributed by atoms with E-state index in [1.54, 1.807) is 156 Å². The van der Waals surface area contributed by atoms with Crippen molar-refractivity contribution in [1.29, 1.82) is 0 Å². The first kappa shape index (κ1) is 99.5. The molecule has 0 amide bonds. The van der Waals surface area contributed by atoms with Gasteiger partial charge in [-0.1, -0.05) is 204 Å². The lowest BCUT2D eigenvalue weighted by atomic mass is 9.82. The number of benzene rings is 11. The van der Waals surface area contributed by atoms with Crippen molar-refractivity contribution in [2.24, 2.45) is 0 Å². The predicted molar refractivity (Wildman–Crippen MR) is 470 cm³/mol. The minimum Gasteiger partial charge on any atom is -0.496 e. The molecule has 1 aromatic heterocycles. The summed E-state index contributed by atoms with van der Waals surface area (Å²) in [7, 11) is 3.13. The Hall–Kier alpha value is -14.9. The third-order valence-electron chi connectivity index (χ3n) is 19.4. The maximum absolute atomic E-state index is 11.2. The molecule has 12 aromatic rings. The molecule has 0 aliphatic rings. The number of ether oxygens (including phenoxy) is 3. The summed E-state index contributed by atoms with van der Waals surface area (Å²) in [6.07, 6.45) is 2.03. The zero-order valence-corrected chi connectivity index (χ0v) is 69.5. The molecule has 0 spiro atoms. The summed E-state index contributed by atoms with van der Waals surface area (Å²) in [5, 5.41) is 101. The Morgan fingerprint density at radius 3 is 1.06 bits per heavy atom. The molecule has 32 nitrogen and oxygen atoms in total. The van der Waals surface area contributed by atoms with E-state index in [1.165, 1.54) is 30.3 Å². The smallest absolute Gasteiger partial charge is 0.293 e. The number of para-hydroxylation sites is 6. The largest absolute Gasteiger partial charge is 0.496 e. The topological polar surface area (TPSA) is 446 Å². The van der Waals surface area contributed by atoms with Crippen LogP contribution >= 0.6 is 0 Å². The van der Waals surface area contributed by atoms with Gasteiger partial charge < -0.3 is 18.6 Å². The molecule has 1 heterocycles. The van der Waals surface area contributed by atoms with Crippen molar-refractivity contribution in [3.05, 3.63) is 371 Å². The lowest BCUT2D eigenvalue weighted by Crippen LogP contribution is -2.09. The Balaban J connectivity index is 0.000000295. The Morgan fingerprint density at radius 2 is 0.648 bits per heavy atom. The Labute approximate surface area is 704 Å². The van der Waals surface area contributed by atoms with Crippen LogP contribution in [0.3, 0.4) is 0 Å². The van der Waals surface area contributed by atoms with Gasteiger partial charge >= 0.3 is 0 Å². The van der Waals surface area contributed by atoms with Crippen LogP contribution in [-0.4, -0.2) is 65.0 Å². The molecule has 12 rings (SSSR count). The number of rotatable bonds is 23. The number of carbonyl (C=O) groups excluding carboxylic acids is 1. The number of fused-ring (bicyclic) bond motifs is 4. The van der Waals surface area contributed by atoms with Crippen molar-refractivity contribution >= 4 is 90.4 Å². The highest BCUT2D eigenvalue weighted by molar-refractivity contribution is 6.06. The van der Waals surface area contributed by atoms with E-state index in [0.29, 0.717) is 76.1 Å². The normalized spacial score (nSPS) is 11.0. The van der Waals surface area contributed by atoms with Gasteiger partial charge in [0.1, 0.15) is 28.8 Å². The summed E-state index contributed by atoms with van der Waals surface area (Å²) in [5.74, 6) is 1.27. The van der Waals surface area contributed by atoms with E-state index in [9.17, 15) is 95.8 Å². The molecular weight excluding hydrogens is 1580 g/mol. The number of hydrogen-bond acceptors (Lipinski definition) is 23. The van der Waals surface area contributed by atoms with Gasteiger partial charge in [-0.05, 0) is 128 Å². The zero-order valence-electron chi connectivity index (χ0n) is 69.5. The third-order valence-corrected chi connectivity index (χ3v) is 19.4. The van der Waals surface area contributed by atoms with Crippen molar-refractivity contribution in [3.63, 3.8) is 0 Å². The standard InChI is InChI=1S/C16H16N2O4.C14H11NO3.C12H11NO2.C11H15NO3.C10H13NO3.C9H9NO4.C9H11NO2.C8H9NO2.CH4/c1-11(13-7-3-5-9-15(13)17(19)20)12(2)14-8-4-6-10-16(14)18(21)22;1-2-9-7-14-11(8-12(9)15(16)17)10-5-3-4-6-13(10)18-14;1-2-9-7-10-5-3-4-6-11(10)8-12(9)13(14)15;1-7(2)9-6-11(15-4)8(3)5-10(9)12(13)14;1-4-8-6-10(14-3)7(2)5-9(8)11(12)13;1-7(14-6-11)8-4-2-3-5-9(8)10(12)13;1-7(2)8-5-3-4-6-9(8)10(11)12;1-2-7-5-3-4-6-8(7)9(10)11;/h3-12H,1-2H3;3-8H,2H2,1H3;3-8H,2H2,1H3;5-7H,1-4H3;5-6H,4H2,1-3H3;2-7H,1H3;3-7H,1-2H3;3-6H,2H2,1H3;1H4. The van der Waals surface area contributed by atoms with Crippen LogP contribution in [-0.2, 0) is 35.2 Å². The molecule has 3 unspecified atom stereocenters. The first-order valence-electron chi connectivity index (χ1n) is 38.1. The molecule has 642 valence electrons. The van der Waals surface area contributed by atoms with Gasteiger partial charge in [0.05, 0.1) is 64.1 Å². The van der Waals surface area contributed by atoms with Gasteiger partial charge in [0.2, 0.25) is 0 Å². The number of nitro groups is 9. The fraction of sp³-hybridized carbons (Fsp3) is 0.278. The first-order valence-corrected chi connectivity index (χ1v) is 38.1. The fourth-order valence-electron chi connectivity index (χ4n) is 12.8. The summed E-state index contributed by atoms with van der Waals surface area (Å²) in [4.78, 5) is 104. The second kappa shape index (κ2) is 48.1. The number of nitro benzene ring substituents is 9. The average molecular weight is 1670 g/mol. The maximum Gasteiger partial charge on any atom is 0.293 e. The van der Waals surface area contributed by atoms with Crippen LogP contribution in [0.25, 0.3) is 32.7 Å². The van der Waals surface area contributed by atoms with Crippen molar-refractivity contribution in [2.45, 2.75) is 153 Å². The van der Waals surface area contributed by atoms with E-state index in [0.717, 1.165) is 54.9 Å². The maximum atomic E-state index is 11.2. The lowest BCUT2D eigenvalue weighted by molar-refractivity contribution is -0.386. The molecule has 0 radical (unpaired) electrons. The highest BCUT2D eigenvalue weighted by atomic mass is 16.7. The quantitative estimate of drug-likeness (QED) is 0.0326. The molecule has 0 saturated carbocycles. The number of furan rings is 1. The molecule has 11 aromatic carbocycles. The number of carbonyl (C=O) groups is 1. The van der Waals surface area contributed by atoms with Crippen LogP contribution in [0.15, 0.2) is 223 Å². The van der Waals surface area contributed by atoms with Gasteiger partial charge in [-0.2, -0.15) is 0 Å². The fourth-order valence-corrected chi connectivity index (χ4v) is 12.8. The van der Waals surface area contributed by atoms with Gasteiger partial charge in [-0.25, -0.2) is 0 Å². The van der Waals surface area contributed by atoms with Crippen molar-refractivity contribution in [3.8, 4) is 11.5 Å². The molecule has 0 bridgehead atoms. The SMILES string of the molecule is C.CC(C)c1ccccc1[N+](=O)[O-].CC(OC=O)c1ccccc1[N+](=O)[O-].CC(c1ccccc1[N+](=O)[O-])C(C)c1ccccc1[N+](=O)[O-].CCc1cc(OC)c(C)cc1[N+](=O)[O-].CCc1cc2ccccc2cc1[N+](=O)[O-].CCc1cc2oc3ccccc3c2cc1[N+](=O)[O-].CCc1ccccc1[N+](=O)[O-].COc1cc(C(C)C)c([N+](=O)[O-])cc1C. The van der Waals surface area contributed by atoms with E-state index in [1.807, 2.05) is 136 Å². The first-order chi connectivity index (χ1) is 57.5. The second-order valence-electron chi connectivity index (χ2n) is 27.6. The van der Waals surface area contributed by atoms with Crippen molar-refractivity contribution < 1.29 is 67.7 Å². The molecule has 122 heavy (non-hydrogen) atoms. The van der Waals surface area contributed by atoms with Gasteiger partial charge in [-0.15, -0.1) is 0 Å². The van der Waals surface area contributed by atoms with Crippen molar-refractivity contribution in [2.75, 3.05) is 14.2 Å². The zero-order chi connectivity index (χ0) is 90.1. The van der Waals surface area contributed by atoms with Gasteiger partial charge in [0.25, 0.3) is 57.7 Å². The van der Waals surface area contributed by atoms with E-state index < -0.39 is 20.9 Å². The number of hydrogen-bond donors (Lipinski definition) is 0. The van der Waals surface area contributed by atoms with Gasteiger partial charge in [-0.3, -0.25) is 95.8 Å². The molecule has 0 fully saturated rings. The van der Waals surface area contributed by atoms with E-state index in [4.69, 9.17) is 13.9 Å². The van der Waals surface area contributed by atoms with Crippen LogP contribution in [0.2, 0.25) is 0 Å². The summed E-state index contributed by atoms with van der Waals surface area (Å²) in [6.45, 7) is 24.5. The Bertz CT molecular complexity index is 5610. The van der Waals surface area contributed by atoms with Crippen LogP contribution in [0.5, 0.6) is 11.5 Å². The summed E-state index contributed by atoms with van der Waals surface area (Å²) in [6, 6.07) is 61.6. The highest BCUT2D eigenvalue weighted by Gasteiger charge is 2.29. The molecular formula is C90H99N9O23.